The van der Waals surface area contributed by atoms with E-state index in [1.807, 2.05) is 26.8 Å². The summed E-state index contributed by atoms with van der Waals surface area (Å²) < 4.78 is 5.48. The van der Waals surface area contributed by atoms with E-state index in [1.165, 1.54) is 0 Å². The van der Waals surface area contributed by atoms with Gasteiger partial charge in [-0.05, 0) is 47.6 Å². The molecule has 1 rings (SSSR count). The molecule has 2 N–H and O–H groups in total. The summed E-state index contributed by atoms with van der Waals surface area (Å²) in [5.74, 6) is 1.81. The summed E-state index contributed by atoms with van der Waals surface area (Å²) in [6, 6.07) is 1.97. The molecular formula is C15H26N2O2. The number of carbonyl (C=O) groups is 1. The number of rotatable bonds is 5. The summed E-state index contributed by atoms with van der Waals surface area (Å²) in [7, 11) is 0. The molecule has 0 aliphatic heterocycles. The Morgan fingerprint density at radius 2 is 2.00 bits per heavy atom. The van der Waals surface area contributed by atoms with Crippen LogP contribution in [0.2, 0.25) is 0 Å². The van der Waals surface area contributed by atoms with Crippen LogP contribution in [0.15, 0.2) is 10.5 Å². The van der Waals surface area contributed by atoms with Gasteiger partial charge in [-0.3, -0.25) is 4.79 Å². The van der Waals surface area contributed by atoms with Crippen LogP contribution in [0.5, 0.6) is 0 Å². The van der Waals surface area contributed by atoms with Gasteiger partial charge in [0.15, 0.2) is 0 Å². The van der Waals surface area contributed by atoms with Crippen LogP contribution in [0.3, 0.4) is 0 Å². The average molecular weight is 266 g/mol. The molecule has 0 fully saturated rings. The molecule has 0 aliphatic rings. The van der Waals surface area contributed by atoms with Crippen LogP contribution in [-0.4, -0.2) is 18.0 Å². The van der Waals surface area contributed by atoms with E-state index in [2.05, 4.69) is 31.4 Å². The van der Waals surface area contributed by atoms with E-state index < -0.39 is 0 Å². The van der Waals surface area contributed by atoms with Gasteiger partial charge < -0.3 is 15.1 Å². The lowest BCUT2D eigenvalue weighted by atomic mass is 10.1. The largest absolute Gasteiger partial charge is 0.466 e. The average Bonchev–Trinajstić information content (AvgIpc) is 2.55. The van der Waals surface area contributed by atoms with Crippen molar-refractivity contribution in [2.75, 3.05) is 6.54 Å². The Hall–Kier alpha value is -1.29. The molecule has 1 atom stereocenters. The van der Waals surface area contributed by atoms with E-state index in [0.717, 1.165) is 17.1 Å². The molecule has 0 aliphatic carbocycles. The van der Waals surface area contributed by atoms with Gasteiger partial charge in [0.1, 0.15) is 11.5 Å². The highest BCUT2D eigenvalue weighted by molar-refractivity contribution is 5.76. The van der Waals surface area contributed by atoms with Crippen molar-refractivity contribution in [3.05, 3.63) is 23.2 Å². The zero-order valence-corrected chi connectivity index (χ0v) is 12.9. The molecule has 0 spiro atoms. The predicted molar refractivity (Wildman–Crippen MR) is 77.1 cm³/mol. The molecule has 0 saturated heterocycles. The van der Waals surface area contributed by atoms with Crippen molar-refractivity contribution in [2.45, 2.75) is 59.5 Å². The molecule has 1 aromatic rings. The SMILES string of the molecule is Cc1cc(C(C)NC(=O)CCNC(C)(C)C)c(C)o1. The second kappa shape index (κ2) is 6.24. The quantitative estimate of drug-likeness (QED) is 0.861. The monoisotopic (exact) mass is 266 g/mol. The van der Waals surface area contributed by atoms with E-state index in [4.69, 9.17) is 4.42 Å². The fourth-order valence-electron chi connectivity index (χ4n) is 2.02. The molecule has 1 amide bonds. The smallest absolute Gasteiger partial charge is 0.221 e. The van der Waals surface area contributed by atoms with Gasteiger partial charge in [0, 0.05) is 24.1 Å². The van der Waals surface area contributed by atoms with Crippen LogP contribution in [0, 0.1) is 13.8 Å². The van der Waals surface area contributed by atoms with Crippen molar-refractivity contribution < 1.29 is 9.21 Å². The van der Waals surface area contributed by atoms with E-state index >= 15 is 0 Å². The number of aryl methyl sites for hydroxylation is 2. The van der Waals surface area contributed by atoms with Crippen LogP contribution in [-0.2, 0) is 4.79 Å². The highest BCUT2D eigenvalue weighted by Gasteiger charge is 2.15. The molecule has 0 radical (unpaired) electrons. The molecule has 19 heavy (non-hydrogen) atoms. The van der Waals surface area contributed by atoms with E-state index in [0.29, 0.717) is 13.0 Å². The maximum absolute atomic E-state index is 11.8. The molecule has 0 aromatic carbocycles. The van der Waals surface area contributed by atoms with Gasteiger partial charge in [-0.2, -0.15) is 0 Å². The Balaban J connectivity index is 2.42. The van der Waals surface area contributed by atoms with Crippen LogP contribution >= 0.6 is 0 Å². The third-order valence-corrected chi connectivity index (χ3v) is 2.93. The lowest BCUT2D eigenvalue weighted by Crippen LogP contribution is -2.38. The lowest BCUT2D eigenvalue weighted by molar-refractivity contribution is -0.121. The van der Waals surface area contributed by atoms with Crippen molar-refractivity contribution in [2.24, 2.45) is 0 Å². The van der Waals surface area contributed by atoms with Crippen molar-refractivity contribution in [3.8, 4) is 0 Å². The van der Waals surface area contributed by atoms with Crippen LogP contribution < -0.4 is 10.6 Å². The Bertz CT molecular complexity index is 430. The van der Waals surface area contributed by atoms with Crippen molar-refractivity contribution in [3.63, 3.8) is 0 Å². The first kappa shape index (κ1) is 15.8. The van der Waals surface area contributed by atoms with Gasteiger partial charge in [0.25, 0.3) is 0 Å². The highest BCUT2D eigenvalue weighted by Crippen LogP contribution is 2.21. The minimum atomic E-state index is -0.0143. The van der Waals surface area contributed by atoms with Crippen LogP contribution in [0.25, 0.3) is 0 Å². The number of hydrogen-bond acceptors (Lipinski definition) is 3. The first-order valence-electron chi connectivity index (χ1n) is 6.80. The van der Waals surface area contributed by atoms with Gasteiger partial charge >= 0.3 is 0 Å². The van der Waals surface area contributed by atoms with Gasteiger partial charge in [-0.25, -0.2) is 0 Å². The zero-order valence-electron chi connectivity index (χ0n) is 12.9. The fraction of sp³-hybridized carbons (Fsp3) is 0.667. The summed E-state index contributed by atoms with van der Waals surface area (Å²) in [5, 5.41) is 6.30. The van der Waals surface area contributed by atoms with Crippen LogP contribution in [0.1, 0.15) is 57.2 Å². The van der Waals surface area contributed by atoms with Gasteiger partial charge in [0.2, 0.25) is 5.91 Å². The normalized spacial score (nSPS) is 13.4. The maximum Gasteiger partial charge on any atom is 0.221 e. The third kappa shape index (κ3) is 5.47. The number of carbonyl (C=O) groups excluding carboxylic acids is 1. The van der Waals surface area contributed by atoms with E-state index in [9.17, 15) is 4.79 Å². The Kier molecular flexibility index (Phi) is 5.18. The molecule has 0 bridgehead atoms. The number of furan rings is 1. The first-order valence-corrected chi connectivity index (χ1v) is 6.80. The molecule has 1 unspecified atom stereocenters. The summed E-state index contributed by atoms with van der Waals surface area (Å²) in [4.78, 5) is 11.8. The molecular weight excluding hydrogens is 240 g/mol. The lowest BCUT2D eigenvalue weighted by Gasteiger charge is -2.20. The maximum atomic E-state index is 11.8. The van der Waals surface area contributed by atoms with E-state index in [1.54, 1.807) is 0 Å². The van der Waals surface area contributed by atoms with Gasteiger partial charge in [-0.15, -0.1) is 0 Å². The summed E-state index contributed by atoms with van der Waals surface area (Å²) >= 11 is 0. The fourth-order valence-corrected chi connectivity index (χ4v) is 2.02. The number of amides is 1. The zero-order chi connectivity index (χ0) is 14.6. The second-order valence-corrected chi connectivity index (χ2v) is 6.08. The Morgan fingerprint density at radius 1 is 1.37 bits per heavy atom. The van der Waals surface area contributed by atoms with Crippen molar-refractivity contribution >= 4 is 5.91 Å². The molecule has 1 aromatic heterocycles. The summed E-state index contributed by atoms with van der Waals surface area (Å²) in [6.45, 7) is 12.8. The van der Waals surface area contributed by atoms with Gasteiger partial charge in [0.05, 0.1) is 6.04 Å². The summed E-state index contributed by atoms with van der Waals surface area (Å²) in [6.07, 6.45) is 0.484. The number of hydrogen-bond donors (Lipinski definition) is 2. The highest BCUT2D eigenvalue weighted by atomic mass is 16.3. The molecule has 4 nitrogen and oxygen atoms in total. The van der Waals surface area contributed by atoms with Crippen LogP contribution in [0.4, 0.5) is 0 Å². The molecule has 1 heterocycles. The first-order chi connectivity index (χ1) is 8.69. The van der Waals surface area contributed by atoms with Gasteiger partial charge in [-0.1, -0.05) is 0 Å². The minimum absolute atomic E-state index is 0.0143. The Morgan fingerprint density at radius 3 is 2.47 bits per heavy atom. The number of nitrogens with one attached hydrogen (secondary N) is 2. The molecule has 4 heteroatoms. The topological polar surface area (TPSA) is 54.3 Å². The second-order valence-electron chi connectivity index (χ2n) is 6.08. The van der Waals surface area contributed by atoms with E-state index in [-0.39, 0.29) is 17.5 Å². The third-order valence-electron chi connectivity index (χ3n) is 2.93. The summed E-state index contributed by atoms with van der Waals surface area (Å²) in [5.41, 5.74) is 1.10. The standard InChI is InChI=1S/C15H26N2O2/c1-10-9-13(12(3)19-10)11(2)17-14(18)7-8-16-15(4,5)6/h9,11,16H,7-8H2,1-6H3,(H,17,18). The Labute approximate surface area is 116 Å². The predicted octanol–water partition coefficient (Wildman–Crippen LogP) is 2.85. The molecule has 0 saturated carbocycles. The molecule has 108 valence electrons. The van der Waals surface area contributed by atoms with Crippen molar-refractivity contribution in [1.82, 2.24) is 10.6 Å². The van der Waals surface area contributed by atoms with Crippen molar-refractivity contribution in [1.29, 1.82) is 0 Å². The minimum Gasteiger partial charge on any atom is -0.466 e.